The molecule has 2 atom stereocenters. The summed E-state index contributed by atoms with van der Waals surface area (Å²) in [4.78, 5) is 6.68. The summed E-state index contributed by atoms with van der Waals surface area (Å²) in [5, 5.41) is 3.99. The molecule has 3 rings (SSSR count). The number of nitrogens with one attached hydrogen (secondary N) is 1. The average Bonchev–Trinajstić information content (AvgIpc) is 3.21. The van der Waals surface area contributed by atoms with Gasteiger partial charge < -0.3 is 9.26 Å². The van der Waals surface area contributed by atoms with Crippen LogP contribution in [0.1, 0.15) is 43.9 Å². The SMILES string of the molecule is COc1ccc(S(=O)(=O)NC2CC(c3nc(C(C)C)no3)N(C)C2)cc1. The standard InChI is InChI=1S/C17H24N4O4S/c1-11(2)16-18-17(25-19-16)15-9-12(10-21(15)3)20-26(22,23)14-7-5-13(24-4)6-8-14/h5-8,11-12,15,20H,9-10H2,1-4H3. The quantitative estimate of drug-likeness (QED) is 0.817. The van der Waals surface area contributed by atoms with Crippen LogP contribution in [0.2, 0.25) is 0 Å². The molecular formula is C17H24N4O4S. The first kappa shape index (κ1) is 18.8. The molecule has 2 heterocycles. The van der Waals surface area contributed by atoms with Crippen LogP contribution < -0.4 is 9.46 Å². The zero-order valence-corrected chi connectivity index (χ0v) is 16.2. The van der Waals surface area contributed by atoms with Crippen molar-refractivity contribution in [3.05, 3.63) is 36.0 Å². The summed E-state index contributed by atoms with van der Waals surface area (Å²) in [6.07, 6.45) is 0.575. The fraction of sp³-hybridized carbons (Fsp3) is 0.529. The van der Waals surface area contributed by atoms with Crippen molar-refractivity contribution >= 4 is 10.0 Å². The Labute approximate surface area is 153 Å². The Hall–Kier alpha value is -1.97. The van der Waals surface area contributed by atoms with Gasteiger partial charge in [-0.05, 0) is 37.7 Å². The predicted molar refractivity (Wildman–Crippen MR) is 95.5 cm³/mol. The molecule has 1 aromatic carbocycles. The number of nitrogens with zero attached hydrogens (tertiary/aromatic N) is 3. The summed E-state index contributed by atoms with van der Waals surface area (Å²) in [6.45, 7) is 4.57. The van der Waals surface area contributed by atoms with Gasteiger partial charge in [0, 0.05) is 18.5 Å². The lowest BCUT2D eigenvalue weighted by molar-refractivity contribution is 0.244. The number of hydrogen-bond acceptors (Lipinski definition) is 7. The molecule has 0 saturated carbocycles. The first-order valence-corrected chi connectivity index (χ1v) is 9.98. The molecule has 8 nitrogen and oxygen atoms in total. The minimum atomic E-state index is -3.60. The summed E-state index contributed by atoms with van der Waals surface area (Å²) < 4.78 is 38.4. The van der Waals surface area contributed by atoms with Crippen LogP contribution >= 0.6 is 0 Å². The van der Waals surface area contributed by atoms with E-state index < -0.39 is 10.0 Å². The molecule has 2 aromatic rings. The maximum Gasteiger partial charge on any atom is 0.244 e. The van der Waals surface area contributed by atoms with Crippen LogP contribution in [0, 0.1) is 0 Å². The molecule has 0 aliphatic carbocycles. The van der Waals surface area contributed by atoms with Crippen molar-refractivity contribution in [2.75, 3.05) is 20.7 Å². The number of rotatable bonds is 6. The van der Waals surface area contributed by atoms with Crippen LogP contribution in [0.25, 0.3) is 0 Å². The second-order valence-electron chi connectivity index (χ2n) is 6.83. The Morgan fingerprint density at radius 1 is 1.31 bits per heavy atom. The zero-order chi connectivity index (χ0) is 18.9. The molecule has 26 heavy (non-hydrogen) atoms. The third kappa shape index (κ3) is 3.89. The van der Waals surface area contributed by atoms with E-state index in [1.807, 2.05) is 25.8 Å². The Bertz CT molecular complexity index is 848. The fourth-order valence-corrected chi connectivity index (χ4v) is 4.27. The molecule has 9 heteroatoms. The van der Waals surface area contributed by atoms with Crippen molar-refractivity contribution in [3.63, 3.8) is 0 Å². The number of likely N-dealkylation sites (N-methyl/N-ethyl adjacent to an activating group) is 1. The van der Waals surface area contributed by atoms with Crippen molar-refractivity contribution in [3.8, 4) is 5.75 Å². The van der Waals surface area contributed by atoms with Crippen LogP contribution in [0.4, 0.5) is 0 Å². The smallest absolute Gasteiger partial charge is 0.244 e. The van der Waals surface area contributed by atoms with E-state index >= 15 is 0 Å². The molecule has 142 valence electrons. The van der Waals surface area contributed by atoms with Crippen LogP contribution in [-0.2, 0) is 10.0 Å². The minimum Gasteiger partial charge on any atom is -0.497 e. The molecule has 0 bridgehead atoms. The van der Waals surface area contributed by atoms with Crippen LogP contribution in [0.5, 0.6) is 5.75 Å². The Morgan fingerprint density at radius 2 is 2.00 bits per heavy atom. The number of benzene rings is 1. The van der Waals surface area contributed by atoms with Gasteiger partial charge in [-0.3, -0.25) is 4.90 Å². The lowest BCUT2D eigenvalue weighted by Crippen LogP contribution is -2.36. The summed E-state index contributed by atoms with van der Waals surface area (Å²) in [5.41, 5.74) is 0. The Morgan fingerprint density at radius 3 is 2.58 bits per heavy atom. The summed E-state index contributed by atoms with van der Waals surface area (Å²) in [7, 11) is -0.142. The van der Waals surface area contributed by atoms with Gasteiger partial charge in [0.1, 0.15) is 5.75 Å². The molecule has 1 N–H and O–H groups in total. The van der Waals surface area contributed by atoms with Crippen LogP contribution in [0.3, 0.4) is 0 Å². The summed E-state index contributed by atoms with van der Waals surface area (Å²) in [5.74, 6) is 1.99. The van der Waals surface area contributed by atoms with Gasteiger partial charge in [-0.15, -0.1) is 0 Å². The molecule has 1 aliphatic heterocycles. The second-order valence-corrected chi connectivity index (χ2v) is 8.54. The van der Waals surface area contributed by atoms with Crippen molar-refractivity contribution < 1.29 is 17.7 Å². The lowest BCUT2D eigenvalue weighted by atomic mass is 10.2. The molecule has 1 aromatic heterocycles. The first-order chi connectivity index (χ1) is 12.3. The highest BCUT2D eigenvalue weighted by atomic mass is 32.2. The van der Waals surface area contributed by atoms with Crippen LogP contribution in [-0.4, -0.2) is 50.2 Å². The normalized spacial score (nSPS) is 21.4. The third-order valence-electron chi connectivity index (χ3n) is 4.50. The number of aromatic nitrogens is 2. The highest BCUT2D eigenvalue weighted by Gasteiger charge is 2.36. The number of likely N-dealkylation sites (tertiary alicyclic amines) is 1. The summed E-state index contributed by atoms with van der Waals surface area (Å²) >= 11 is 0. The highest BCUT2D eigenvalue weighted by Crippen LogP contribution is 2.31. The van der Waals surface area contributed by atoms with Gasteiger partial charge in [0.2, 0.25) is 15.9 Å². The predicted octanol–water partition coefficient (Wildman–Crippen LogP) is 1.93. The van der Waals surface area contributed by atoms with E-state index in [-0.39, 0.29) is 22.9 Å². The van der Waals surface area contributed by atoms with E-state index in [9.17, 15) is 8.42 Å². The molecule has 1 aliphatic rings. The van der Waals surface area contributed by atoms with Gasteiger partial charge in [0.25, 0.3) is 0 Å². The van der Waals surface area contributed by atoms with E-state index in [4.69, 9.17) is 9.26 Å². The number of ether oxygens (including phenoxy) is 1. The zero-order valence-electron chi connectivity index (χ0n) is 15.3. The molecule has 1 fully saturated rings. The van der Waals surface area contributed by atoms with Gasteiger partial charge in [0.05, 0.1) is 18.0 Å². The van der Waals surface area contributed by atoms with Crippen molar-refractivity contribution in [2.24, 2.45) is 0 Å². The monoisotopic (exact) mass is 380 g/mol. The molecule has 0 amide bonds. The van der Waals surface area contributed by atoms with E-state index in [0.717, 1.165) is 0 Å². The van der Waals surface area contributed by atoms with Gasteiger partial charge in [-0.25, -0.2) is 13.1 Å². The topological polar surface area (TPSA) is 97.6 Å². The van der Waals surface area contributed by atoms with Crippen LogP contribution in [0.15, 0.2) is 33.7 Å². The van der Waals surface area contributed by atoms with Crippen molar-refractivity contribution in [2.45, 2.75) is 43.2 Å². The lowest BCUT2D eigenvalue weighted by Gasteiger charge is -2.14. The molecule has 0 spiro atoms. The molecular weight excluding hydrogens is 356 g/mol. The van der Waals surface area contributed by atoms with E-state index in [1.165, 1.54) is 12.1 Å². The largest absolute Gasteiger partial charge is 0.497 e. The number of methoxy groups -OCH3 is 1. The minimum absolute atomic E-state index is 0.0985. The van der Waals surface area contributed by atoms with E-state index in [1.54, 1.807) is 19.2 Å². The van der Waals surface area contributed by atoms with E-state index in [0.29, 0.717) is 30.4 Å². The van der Waals surface area contributed by atoms with Gasteiger partial charge in [0.15, 0.2) is 5.82 Å². The molecule has 0 radical (unpaired) electrons. The average molecular weight is 380 g/mol. The number of hydrogen-bond donors (Lipinski definition) is 1. The molecule has 1 saturated heterocycles. The maximum atomic E-state index is 12.6. The van der Waals surface area contributed by atoms with Crippen molar-refractivity contribution in [1.29, 1.82) is 0 Å². The third-order valence-corrected chi connectivity index (χ3v) is 6.04. The second kappa shape index (κ2) is 7.34. The Balaban J connectivity index is 1.70. The summed E-state index contributed by atoms with van der Waals surface area (Å²) in [6, 6.07) is 5.99. The van der Waals surface area contributed by atoms with Gasteiger partial charge in [-0.2, -0.15) is 4.98 Å². The fourth-order valence-electron chi connectivity index (χ4n) is 3.03. The highest BCUT2D eigenvalue weighted by molar-refractivity contribution is 7.89. The van der Waals surface area contributed by atoms with Gasteiger partial charge >= 0.3 is 0 Å². The number of sulfonamides is 1. The Kier molecular flexibility index (Phi) is 5.31. The van der Waals surface area contributed by atoms with Crippen molar-refractivity contribution in [1.82, 2.24) is 19.8 Å². The van der Waals surface area contributed by atoms with Gasteiger partial charge in [-0.1, -0.05) is 19.0 Å². The van der Waals surface area contributed by atoms with E-state index in [2.05, 4.69) is 14.9 Å². The molecule has 2 unspecified atom stereocenters. The maximum absolute atomic E-state index is 12.6. The first-order valence-electron chi connectivity index (χ1n) is 8.50.